The van der Waals surface area contributed by atoms with Crippen LogP contribution in [0.3, 0.4) is 0 Å². The lowest BCUT2D eigenvalue weighted by Crippen LogP contribution is -2.45. The molecule has 94 valence electrons. The molecule has 1 aliphatic heterocycles. The smallest absolute Gasteiger partial charge is 0.254 e. The molecule has 0 bridgehead atoms. The van der Waals surface area contributed by atoms with Crippen molar-refractivity contribution in [1.82, 2.24) is 4.90 Å². The summed E-state index contributed by atoms with van der Waals surface area (Å²) in [4.78, 5) is 13.9. The fourth-order valence-electron chi connectivity index (χ4n) is 1.83. The Balaban J connectivity index is 2.08. The first kappa shape index (κ1) is 13.1. The van der Waals surface area contributed by atoms with E-state index >= 15 is 0 Å². The third kappa shape index (κ3) is 2.89. The van der Waals surface area contributed by atoms with E-state index < -0.39 is 6.10 Å². The largest absolute Gasteiger partial charge is 0.360 e. The van der Waals surface area contributed by atoms with E-state index in [1.165, 1.54) is 0 Å². The van der Waals surface area contributed by atoms with E-state index in [-0.39, 0.29) is 5.91 Å². The van der Waals surface area contributed by atoms with Crippen molar-refractivity contribution in [3.05, 3.63) is 35.4 Å². The van der Waals surface area contributed by atoms with Crippen molar-refractivity contribution < 1.29 is 9.53 Å². The summed E-state index contributed by atoms with van der Waals surface area (Å²) >= 11 is 3.36. The summed E-state index contributed by atoms with van der Waals surface area (Å²) in [5, 5.41) is 9.58. The Bertz CT molecular complexity index is 467. The average Bonchev–Trinajstić information content (AvgIpc) is 2.46. The molecular formula is C13H13BrN2O2. The number of ether oxygens (including phenoxy) is 1. The minimum Gasteiger partial charge on any atom is -0.360 e. The van der Waals surface area contributed by atoms with E-state index in [2.05, 4.69) is 15.9 Å². The molecule has 0 N–H and O–H groups in total. The van der Waals surface area contributed by atoms with Gasteiger partial charge in [-0.2, -0.15) is 5.26 Å². The van der Waals surface area contributed by atoms with Crippen molar-refractivity contribution in [2.24, 2.45) is 0 Å². The SMILES string of the molecule is N#CC1CN(C(=O)c2ccc(CBr)cc2)CCO1. The molecule has 0 aliphatic carbocycles. The van der Waals surface area contributed by atoms with E-state index in [9.17, 15) is 4.79 Å². The number of hydrogen-bond acceptors (Lipinski definition) is 3. The van der Waals surface area contributed by atoms with Gasteiger partial charge in [0.05, 0.1) is 19.2 Å². The molecule has 1 fully saturated rings. The van der Waals surface area contributed by atoms with Gasteiger partial charge in [-0.15, -0.1) is 0 Å². The number of amides is 1. The lowest BCUT2D eigenvalue weighted by molar-refractivity contribution is 0.00347. The molecular weight excluding hydrogens is 296 g/mol. The lowest BCUT2D eigenvalue weighted by Gasteiger charge is -2.29. The highest BCUT2D eigenvalue weighted by molar-refractivity contribution is 9.08. The Morgan fingerprint density at radius 2 is 2.22 bits per heavy atom. The standard InChI is InChI=1S/C13H13BrN2O2/c14-7-10-1-3-11(4-2-10)13(17)16-5-6-18-12(8-15)9-16/h1-4,12H,5-7,9H2. The van der Waals surface area contributed by atoms with Gasteiger partial charge in [0.25, 0.3) is 5.91 Å². The van der Waals surface area contributed by atoms with Gasteiger partial charge in [-0.1, -0.05) is 28.1 Å². The summed E-state index contributed by atoms with van der Waals surface area (Å²) in [5.74, 6) is -0.0420. The van der Waals surface area contributed by atoms with E-state index in [1.54, 1.807) is 4.90 Å². The van der Waals surface area contributed by atoms with Gasteiger partial charge < -0.3 is 9.64 Å². The quantitative estimate of drug-likeness (QED) is 0.785. The fraction of sp³-hybridized carbons (Fsp3) is 0.385. The topological polar surface area (TPSA) is 53.3 Å². The van der Waals surface area contributed by atoms with Crippen molar-refractivity contribution in [2.75, 3.05) is 19.7 Å². The van der Waals surface area contributed by atoms with Crippen LogP contribution in [0, 0.1) is 11.3 Å². The van der Waals surface area contributed by atoms with Gasteiger partial charge >= 0.3 is 0 Å². The molecule has 1 aromatic rings. The molecule has 1 heterocycles. The van der Waals surface area contributed by atoms with Gasteiger partial charge in [0, 0.05) is 17.4 Å². The van der Waals surface area contributed by atoms with Crippen LogP contribution >= 0.6 is 15.9 Å². The second-order valence-corrected chi connectivity index (χ2v) is 4.63. The predicted octanol–water partition coefficient (Wildman–Crippen LogP) is 1.95. The van der Waals surface area contributed by atoms with Crippen LogP contribution in [0.15, 0.2) is 24.3 Å². The third-order valence-corrected chi connectivity index (χ3v) is 3.50. The van der Waals surface area contributed by atoms with Crippen LogP contribution < -0.4 is 0 Å². The molecule has 1 saturated heterocycles. The highest BCUT2D eigenvalue weighted by Crippen LogP contribution is 2.13. The van der Waals surface area contributed by atoms with Crippen LogP contribution in [-0.4, -0.2) is 36.6 Å². The maximum Gasteiger partial charge on any atom is 0.254 e. The second-order valence-electron chi connectivity index (χ2n) is 4.07. The van der Waals surface area contributed by atoms with Crippen LogP contribution in [0.4, 0.5) is 0 Å². The summed E-state index contributed by atoms with van der Waals surface area (Å²) in [6, 6.07) is 9.51. The molecule has 1 aliphatic rings. The zero-order valence-electron chi connectivity index (χ0n) is 9.80. The van der Waals surface area contributed by atoms with Crippen LogP contribution in [0.5, 0.6) is 0 Å². The number of rotatable bonds is 2. The highest BCUT2D eigenvalue weighted by Gasteiger charge is 2.24. The number of hydrogen-bond donors (Lipinski definition) is 0. The van der Waals surface area contributed by atoms with Crippen molar-refractivity contribution >= 4 is 21.8 Å². The lowest BCUT2D eigenvalue weighted by atomic mass is 10.1. The summed E-state index contributed by atoms with van der Waals surface area (Å²) in [7, 11) is 0. The number of halogens is 1. The van der Waals surface area contributed by atoms with E-state index in [4.69, 9.17) is 10.00 Å². The molecule has 1 amide bonds. The molecule has 1 atom stereocenters. The Morgan fingerprint density at radius 3 is 2.83 bits per heavy atom. The number of alkyl halides is 1. The number of nitriles is 1. The molecule has 0 spiro atoms. The zero-order valence-corrected chi connectivity index (χ0v) is 11.4. The van der Waals surface area contributed by atoms with Crippen molar-refractivity contribution in [1.29, 1.82) is 5.26 Å². The Morgan fingerprint density at radius 1 is 1.50 bits per heavy atom. The Hall–Kier alpha value is -1.38. The average molecular weight is 309 g/mol. The van der Waals surface area contributed by atoms with Crippen LogP contribution in [0.1, 0.15) is 15.9 Å². The molecule has 2 rings (SSSR count). The van der Waals surface area contributed by atoms with E-state index in [0.717, 1.165) is 10.9 Å². The van der Waals surface area contributed by atoms with Gasteiger partial charge in [-0.3, -0.25) is 4.79 Å². The number of carbonyl (C=O) groups excluding carboxylic acids is 1. The minimum atomic E-state index is -0.510. The number of carbonyl (C=O) groups is 1. The molecule has 1 aromatic carbocycles. The molecule has 0 saturated carbocycles. The molecule has 0 radical (unpaired) electrons. The summed E-state index contributed by atoms with van der Waals surface area (Å²) < 4.78 is 5.22. The predicted molar refractivity (Wildman–Crippen MR) is 70.3 cm³/mol. The highest BCUT2D eigenvalue weighted by atomic mass is 79.9. The fourth-order valence-corrected chi connectivity index (χ4v) is 2.20. The van der Waals surface area contributed by atoms with E-state index in [0.29, 0.717) is 25.3 Å². The van der Waals surface area contributed by atoms with Crippen molar-refractivity contribution in [2.45, 2.75) is 11.4 Å². The summed E-state index contributed by atoms with van der Waals surface area (Å²) in [6.07, 6.45) is -0.510. The monoisotopic (exact) mass is 308 g/mol. The zero-order chi connectivity index (χ0) is 13.0. The van der Waals surface area contributed by atoms with Crippen LogP contribution in [-0.2, 0) is 10.1 Å². The molecule has 4 nitrogen and oxygen atoms in total. The third-order valence-electron chi connectivity index (χ3n) is 2.85. The Labute approximate surface area is 114 Å². The number of benzene rings is 1. The minimum absolute atomic E-state index is 0.0420. The van der Waals surface area contributed by atoms with Crippen molar-refractivity contribution in [3.8, 4) is 6.07 Å². The first-order valence-electron chi connectivity index (χ1n) is 5.70. The van der Waals surface area contributed by atoms with Gasteiger partial charge in [-0.25, -0.2) is 0 Å². The molecule has 0 aromatic heterocycles. The first-order valence-corrected chi connectivity index (χ1v) is 6.82. The normalized spacial score (nSPS) is 19.3. The maximum atomic E-state index is 12.2. The Kier molecular flexibility index (Phi) is 4.34. The molecule has 18 heavy (non-hydrogen) atoms. The van der Waals surface area contributed by atoms with Gasteiger partial charge in [0.1, 0.15) is 0 Å². The molecule has 1 unspecified atom stereocenters. The van der Waals surface area contributed by atoms with Gasteiger partial charge in [0.15, 0.2) is 6.10 Å². The van der Waals surface area contributed by atoms with Gasteiger partial charge in [-0.05, 0) is 17.7 Å². The molecule has 5 heteroatoms. The summed E-state index contributed by atoms with van der Waals surface area (Å²) in [6.45, 7) is 1.30. The van der Waals surface area contributed by atoms with Gasteiger partial charge in [0.2, 0.25) is 0 Å². The van der Waals surface area contributed by atoms with E-state index in [1.807, 2.05) is 30.3 Å². The first-order chi connectivity index (χ1) is 8.74. The number of morpholine rings is 1. The second kappa shape index (κ2) is 5.98. The summed E-state index contributed by atoms with van der Waals surface area (Å²) in [5.41, 5.74) is 1.78. The van der Waals surface area contributed by atoms with Crippen molar-refractivity contribution in [3.63, 3.8) is 0 Å². The van der Waals surface area contributed by atoms with Crippen LogP contribution in [0.25, 0.3) is 0 Å². The maximum absolute atomic E-state index is 12.2. The van der Waals surface area contributed by atoms with Crippen LogP contribution in [0.2, 0.25) is 0 Å². The number of nitrogens with zero attached hydrogens (tertiary/aromatic N) is 2.